The number of fused-ring (bicyclic) bond motifs is 1. The molecule has 2 unspecified atom stereocenters. The van der Waals surface area contributed by atoms with E-state index in [1.54, 1.807) is 0 Å². The normalized spacial score (nSPS) is 24.1. The van der Waals surface area contributed by atoms with Crippen LogP contribution in [0.1, 0.15) is 25.1 Å². The quantitative estimate of drug-likeness (QED) is 0.908. The van der Waals surface area contributed by atoms with Crippen LogP contribution in [-0.4, -0.2) is 35.1 Å². The van der Waals surface area contributed by atoms with E-state index in [2.05, 4.69) is 59.4 Å². The van der Waals surface area contributed by atoms with Crippen LogP contribution >= 0.6 is 0 Å². The van der Waals surface area contributed by atoms with Gasteiger partial charge >= 0.3 is 0 Å². The SMILES string of the molecule is Cc1ccc2cc(CN3CCNC(C)C3C)ccc2n1. The summed E-state index contributed by atoms with van der Waals surface area (Å²) < 4.78 is 0. The van der Waals surface area contributed by atoms with Crippen molar-refractivity contribution in [1.29, 1.82) is 0 Å². The number of benzene rings is 1. The average molecular weight is 269 g/mol. The van der Waals surface area contributed by atoms with Crippen molar-refractivity contribution < 1.29 is 0 Å². The molecular weight excluding hydrogens is 246 g/mol. The predicted octanol–water partition coefficient (Wildman–Crippen LogP) is 2.73. The molecule has 1 aliphatic heterocycles. The third kappa shape index (κ3) is 2.69. The first-order valence-electron chi connectivity index (χ1n) is 7.47. The first-order chi connectivity index (χ1) is 9.63. The highest BCUT2D eigenvalue weighted by Crippen LogP contribution is 2.18. The molecule has 1 aromatic heterocycles. The summed E-state index contributed by atoms with van der Waals surface area (Å²) in [5.41, 5.74) is 3.55. The van der Waals surface area contributed by atoms with E-state index in [0.29, 0.717) is 12.1 Å². The number of pyridine rings is 1. The summed E-state index contributed by atoms with van der Waals surface area (Å²) in [5.74, 6) is 0. The highest BCUT2D eigenvalue weighted by Gasteiger charge is 2.23. The van der Waals surface area contributed by atoms with E-state index >= 15 is 0 Å². The predicted molar refractivity (Wildman–Crippen MR) is 83.8 cm³/mol. The van der Waals surface area contributed by atoms with Crippen molar-refractivity contribution in [2.24, 2.45) is 0 Å². The van der Waals surface area contributed by atoms with E-state index < -0.39 is 0 Å². The molecule has 2 aromatic rings. The largest absolute Gasteiger partial charge is 0.311 e. The third-order valence-electron chi connectivity index (χ3n) is 4.44. The monoisotopic (exact) mass is 269 g/mol. The molecule has 106 valence electrons. The molecule has 3 rings (SSSR count). The summed E-state index contributed by atoms with van der Waals surface area (Å²) >= 11 is 0. The van der Waals surface area contributed by atoms with Crippen LogP contribution < -0.4 is 5.32 Å². The smallest absolute Gasteiger partial charge is 0.0705 e. The highest BCUT2D eigenvalue weighted by atomic mass is 15.2. The molecule has 1 saturated heterocycles. The van der Waals surface area contributed by atoms with Gasteiger partial charge in [0.05, 0.1) is 5.52 Å². The lowest BCUT2D eigenvalue weighted by Gasteiger charge is -2.38. The molecule has 3 heteroatoms. The van der Waals surface area contributed by atoms with E-state index in [1.165, 1.54) is 10.9 Å². The zero-order chi connectivity index (χ0) is 14.1. The molecule has 2 heterocycles. The molecule has 1 fully saturated rings. The molecule has 0 bridgehead atoms. The molecule has 0 radical (unpaired) electrons. The Balaban J connectivity index is 1.82. The average Bonchev–Trinajstić information content (AvgIpc) is 2.44. The molecular formula is C17H23N3. The molecule has 2 atom stereocenters. The van der Waals surface area contributed by atoms with Crippen LogP contribution in [0.15, 0.2) is 30.3 Å². The molecule has 0 saturated carbocycles. The van der Waals surface area contributed by atoms with E-state index in [0.717, 1.165) is 30.8 Å². The van der Waals surface area contributed by atoms with Gasteiger partial charge in [0.15, 0.2) is 0 Å². The summed E-state index contributed by atoms with van der Waals surface area (Å²) in [6.45, 7) is 9.84. The minimum atomic E-state index is 0.563. The molecule has 1 aliphatic rings. The second-order valence-electron chi connectivity index (χ2n) is 5.93. The topological polar surface area (TPSA) is 28.2 Å². The number of piperazine rings is 1. The Labute approximate surface area is 121 Å². The van der Waals surface area contributed by atoms with Crippen molar-refractivity contribution in [3.63, 3.8) is 0 Å². The zero-order valence-electron chi connectivity index (χ0n) is 12.6. The van der Waals surface area contributed by atoms with Gasteiger partial charge < -0.3 is 5.32 Å². The van der Waals surface area contributed by atoms with Crippen LogP contribution in [-0.2, 0) is 6.54 Å². The van der Waals surface area contributed by atoms with Gasteiger partial charge in [-0.1, -0.05) is 12.1 Å². The lowest BCUT2D eigenvalue weighted by atomic mass is 10.0. The van der Waals surface area contributed by atoms with Gasteiger partial charge in [-0.15, -0.1) is 0 Å². The first-order valence-corrected chi connectivity index (χ1v) is 7.47. The maximum atomic E-state index is 4.57. The van der Waals surface area contributed by atoms with Crippen molar-refractivity contribution in [1.82, 2.24) is 15.2 Å². The molecule has 0 spiro atoms. The van der Waals surface area contributed by atoms with Gasteiger partial charge in [0.25, 0.3) is 0 Å². The summed E-state index contributed by atoms with van der Waals surface area (Å²) in [6, 6.07) is 12.0. The Hall–Kier alpha value is -1.45. The van der Waals surface area contributed by atoms with Gasteiger partial charge in [-0.25, -0.2) is 0 Å². The Bertz CT molecular complexity index is 608. The number of rotatable bonds is 2. The van der Waals surface area contributed by atoms with Crippen LogP contribution in [0.2, 0.25) is 0 Å². The summed E-state index contributed by atoms with van der Waals surface area (Å²) in [5, 5.41) is 4.77. The van der Waals surface area contributed by atoms with Crippen LogP contribution in [0.3, 0.4) is 0 Å². The summed E-state index contributed by atoms with van der Waals surface area (Å²) in [4.78, 5) is 7.13. The fourth-order valence-electron chi connectivity index (χ4n) is 2.96. The Morgan fingerprint density at radius 1 is 1.25 bits per heavy atom. The van der Waals surface area contributed by atoms with Gasteiger partial charge in [-0.2, -0.15) is 0 Å². The maximum absolute atomic E-state index is 4.57. The lowest BCUT2D eigenvalue weighted by Crippen LogP contribution is -2.54. The Morgan fingerprint density at radius 2 is 2.10 bits per heavy atom. The minimum absolute atomic E-state index is 0.563. The molecule has 1 N–H and O–H groups in total. The van der Waals surface area contributed by atoms with E-state index in [1.807, 2.05) is 6.92 Å². The molecule has 20 heavy (non-hydrogen) atoms. The highest BCUT2D eigenvalue weighted by molar-refractivity contribution is 5.79. The van der Waals surface area contributed by atoms with Crippen LogP contribution in [0.4, 0.5) is 0 Å². The second kappa shape index (κ2) is 5.51. The third-order valence-corrected chi connectivity index (χ3v) is 4.44. The fraction of sp³-hybridized carbons (Fsp3) is 0.471. The second-order valence-corrected chi connectivity index (χ2v) is 5.93. The molecule has 1 aromatic carbocycles. The standard InChI is InChI=1S/C17H23N3/c1-12-4-6-16-10-15(5-7-17(16)19-12)11-20-9-8-18-13(2)14(20)3/h4-7,10,13-14,18H,8-9,11H2,1-3H3. The van der Waals surface area contributed by atoms with Gasteiger partial charge in [0.2, 0.25) is 0 Å². The van der Waals surface area contributed by atoms with Crippen LogP contribution in [0, 0.1) is 6.92 Å². The fourth-order valence-corrected chi connectivity index (χ4v) is 2.96. The van der Waals surface area contributed by atoms with Crippen molar-refractivity contribution in [2.75, 3.05) is 13.1 Å². The molecule has 0 amide bonds. The maximum Gasteiger partial charge on any atom is 0.0705 e. The van der Waals surface area contributed by atoms with Gasteiger partial charge in [-0.3, -0.25) is 9.88 Å². The lowest BCUT2D eigenvalue weighted by molar-refractivity contribution is 0.131. The van der Waals surface area contributed by atoms with Crippen molar-refractivity contribution in [3.8, 4) is 0 Å². The molecule has 0 aliphatic carbocycles. The zero-order valence-corrected chi connectivity index (χ0v) is 12.6. The van der Waals surface area contributed by atoms with E-state index in [-0.39, 0.29) is 0 Å². The number of nitrogens with one attached hydrogen (secondary N) is 1. The van der Waals surface area contributed by atoms with E-state index in [9.17, 15) is 0 Å². The van der Waals surface area contributed by atoms with Crippen LogP contribution in [0.5, 0.6) is 0 Å². The Morgan fingerprint density at radius 3 is 2.95 bits per heavy atom. The minimum Gasteiger partial charge on any atom is -0.311 e. The number of nitrogens with zero attached hydrogens (tertiary/aromatic N) is 2. The van der Waals surface area contributed by atoms with Crippen molar-refractivity contribution in [2.45, 2.75) is 39.4 Å². The first kappa shape index (κ1) is 13.5. The number of aryl methyl sites for hydroxylation is 1. The number of hydrogen-bond acceptors (Lipinski definition) is 3. The van der Waals surface area contributed by atoms with Gasteiger partial charge in [-0.05, 0) is 44.5 Å². The van der Waals surface area contributed by atoms with Gasteiger partial charge in [0, 0.05) is 42.8 Å². The molecule has 3 nitrogen and oxygen atoms in total. The summed E-state index contributed by atoms with van der Waals surface area (Å²) in [6.07, 6.45) is 0. The van der Waals surface area contributed by atoms with E-state index in [4.69, 9.17) is 0 Å². The van der Waals surface area contributed by atoms with Crippen molar-refractivity contribution >= 4 is 10.9 Å². The number of aromatic nitrogens is 1. The van der Waals surface area contributed by atoms with Crippen molar-refractivity contribution in [3.05, 3.63) is 41.6 Å². The Kier molecular flexibility index (Phi) is 3.72. The van der Waals surface area contributed by atoms with Gasteiger partial charge in [0.1, 0.15) is 0 Å². The van der Waals surface area contributed by atoms with Crippen LogP contribution in [0.25, 0.3) is 10.9 Å². The summed E-state index contributed by atoms with van der Waals surface area (Å²) in [7, 11) is 0. The number of hydrogen-bond donors (Lipinski definition) is 1.